The van der Waals surface area contributed by atoms with Gasteiger partial charge in [-0.25, -0.2) is 9.18 Å². The molecule has 0 fully saturated rings. The molecule has 7 heteroatoms. The number of alkyl halides is 1. The van der Waals surface area contributed by atoms with E-state index in [9.17, 15) is 14.0 Å². The third-order valence-corrected chi connectivity index (χ3v) is 2.43. The second-order valence-corrected chi connectivity index (χ2v) is 3.86. The smallest absolute Gasteiger partial charge is 0.328 e. The number of hydrogen-bond acceptors (Lipinski definition) is 4. The van der Waals surface area contributed by atoms with Gasteiger partial charge in [0.05, 0.1) is 12.2 Å². The summed E-state index contributed by atoms with van der Waals surface area (Å²) in [4.78, 5) is 22.6. The first-order valence-electron chi connectivity index (χ1n) is 5.90. The third kappa shape index (κ3) is 4.51. The molecule has 1 atom stereocenters. The molecule has 1 rings (SSSR count). The van der Waals surface area contributed by atoms with Gasteiger partial charge in [0.1, 0.15) is 19.0 Å². The van der Waals surface area contributed by atoms with Crippen LogP contribution in [0.5, 0.6) is 5.75 Å². The Hall–Kier alpha value is -2.15. The van der Waals surface area contributed by atoms with Crippen LogP contribution >= 0.6 is 0 Å². The number of carbonyl (C=O) groups excluding carboxylic acids is 1. The number of aliphatic carboxylic acids is 1. The molecule has 20 heavy (non-hydrogen) atoms. The van der Waals surface area contributed by atoms with E-state index in [0.29, 0.717) is 6.61 Å². The summed E-state index contributed by atoms with van der Waals surface area (Å²) in [5.74, 6) is -1.85. The highest BCUT2D eigenvalue weighted by Gasteiger charge is 2.22. The minimum absolute atomic E-state index is 0.142. The molecule has 0 spiro atoms. The van der Waals surface area contributed by atoms with Crippen molar-refractivity contribution in [3.63, 3.8) is 0 Å². The molecule has 0 saturated heterocycles. The average Bonchev–Trinajstić information content (AvgIpc) is 2.45. The van der Waals surface area contributed by atoms with Crippen LogP contribution in [0.1, 0.15) is 10.4 Å². The summed E-state index contributed by atoms with van der Waals surface area (Å²) in [5, 5.41) is 10.8. The molecule has 0 aromatic heterocycles. The molecule has 0 radical (unpaired) electrons. The van der Waals surface area contributed by atoms with Crippen molar-refractivity contribution in [2.75, 3.05) is 27.0 Å². The summed E-state index contributed by atoms with van der Waals surface area (Å²) >= 11 is 0. The number of carbonyl (C=O) groups is 2. The van der Waals surface area contributed by atoms with E-state index < -0.39 is 24.6 Å². The number of nitrogens with one attached hydrogen (secondary N) is 1. The van der Waals surface area contributed by atoms with Crippen LogP contribution < -0.4 is 10.1 Å². The van der Waals surface area contributed by atoms with E-state index in [1.807, 2.05) is 0 Å². The Bertz CT molecular complexity index is 466. The maximum Gasteiger partial charge on any atom is 0.328 e. The van der Waals surface area contributed by atoms with Crippen LogP contribution in [0.2, 0.25) is 0 Å². The molecule has 2 N–H and O–H groups in total. The maximum atomic E-state index is 12.5. The summed E-state index contributed by atoms with van der Waals surface area (Å²) in [6.45, 7) is -0.599. The Kier molecular flexibility index (Phi) is 6.45. The van der Waals surface area contributed by atoms with Crippen LogP contribution in [-0.2, 0) is 9.53 Å². The van der Waals surface area contributed by atoms with Crippen LogP contribution in [0.3, 0.4) is 0 Å². The zero-order valence-corrected chi connectivity index (χ0v) is 11.0. The number of carboxylic acid groups (broad SMARTS) is 1. The number of methoxy groups -OCH3 is 1. The van der Waals surface area contributed by atoms with Gasteiger partial charge in [-0.05, 0) is 12.1 Å². The topological polar surface area (TPSA) is 84.9 Å². The summed E-state index contributed by atoms with van der Waals surface area (Å²) in [7, 11) is 1.51. The van der Waals surface area contributed by atoms with Gasteiger partial charge in [0.2, 0.25) is 0 Å². The van der Waals surface area contributed by atoms with Crippen molar-refractivity contribution in [3.8, 4) is 5.75 Å². The van der Waals surface area contributed by atoms with Crippen molar-refractivity contribution in [1.82, 2.24) is 5.32 Å². The van der Waals surface area contributed by atoms with E-state index in [1.165, 1.54) is 13.2 Å². The first-order chi connectivity index (χ1) is 9.60. The summed E-state index contributed by atoms with van der Waals surface area (Å²) in [6.07, 6.45) is 0. The van der Waals surface area contributed by atoms with Crippen LogP contribution in [0.4, 0.5) is 4.39 Å². The third-order valence-electron chi connectivity index (χ3n) is 2.43. The van der Waals surface area contributed by atoms with E-state index >= 15 is 0 Å². The lowest BCUT2D eigenvalue weighted by atomic mass is 10.1. The predicted molar refractivity (Wildman–Crippen MR) is 68.7 cm³/mol. The molecule has 1 unspecified atom stereocenters. The largest absolute Gasteiger partial charge is 0.490 e. The van der Waals surface area contributed by atoms with Gasteiger partial charge >= 0.3 is 5.97 Å². The highest BCUT2D eigenvalue weighted by atomic mass is 19.1. The quantitative estimate of drug-likeness (QED) is 0.692. The van der Waals surface area contributed by atoms with E-state index in [0.717, 1.165) is 0 Å². The molecule has 0 saturated carbocycles. The normalized spacial score (nSPS) is 11.7. The Morgan fingerprint density at radius 1 is 1.35 bits per heavy atom. The lowest BCUT2D eigenvalue weighted by molar-refractivity contribution is -0.139. The zero-order valence-electron chi connectivity index (χ0n) is 11.0. The van der Waals surface area contributed by atoms with Crippen molar-refractivity contribution < 1.29 is 28.6 Å². The molecular formula is C13H16FNO5. The number of halogens is 1. The Balaban J connectivity index is 2.78. The number of rotatable bonds is 8. The molecule has 0 aliphatic rings. The van der Waals surface area contributed by atoms with Gasteiger partial charge in [0.25, 0.3) is 5.91 Å². The predicted octanol–water partition coefficient (Wildman–Crippen LogP) is 0.864. The SMILES string of the molecule is COCCOc1ccccc1C(=O)NC(CF)C(=O)O. The fourth-order valence-electron chi connectivity index (χ4n) is 1.42. The minimum Gasteiger partial charge on any atom is -0.490 e. The Morgan fingerprint density at radius 3 is 2.65 bits per heavy atom. The van der Waals surface area contributed by atoms with Crippen LogP contribution in [0.25, 0.3) is 0 Å². The van der Waals surface area contributed by atoms with Gasteiger partial charge in [-0.1, -0.05) is 12.1 Å². The highest BCUT2D eigenvalue weighted by Crippen LogP contribution is 2.17. The fourth-order valence-corrected chi connectivity index (χ4v) is 1.42. The molecule has 0 aliphatic heterocycles. The standard InChI is InChI=1S/C13H16FNO5/c1-19-6-7-20-11-5-3-2-4-9(11)12(16)15-10(8-14)13(17)18/h2-5,10H,6-8H2,1H3,(H,15,16)(H,17,18). The first-order valence-corrected chi connectivity index (χ1v) is 5.90. The zero-order chi connectivity index (χ0) is 15.0. The van der Waals surface area contributed by atoms with Crippen molar-refractivity contribution >= 4 is 11.9 Å². The number of carboxylic acids is 1. The van der Waals surface area contributed by atoms with E-state index in [1.54, 1.807) is 18.2 Å². The summed E-state index contributed by atoms with van der Waals surface area (Å²) in [5.41, 5.74) is 0.142. The van der Waals surface area contributed by atoms with Crippen molar-refractivity contribution in [2.24, 2.45) is 0 Å². The van der Waals surface area contributed by atoms with Crippen molar-refractivity contribution in [2.45, 2.75) is 6.04 Å². The number of benzene rings is 1. The van der Waals surface area contributed by atoms with Crippen LogP contribution in [0, 0.1) is 0 Å². The molecule has 0 aliphatic carbocycles. The molecule has 1 aromatic rings. The van der Waals surface area contributed by atoms with Gasteiger partial charge in [-0.2, -0.15) is 0 Å². The highest BCUT2D eigenvalue weighted by molar-refractivity contribution is 5.98. The van der Waals surface area contributed by atoms with Gasteiger partial charge < -0.3 is 19.9 Å². The number of para-hydroxylation sites is 1. The van der Waals surface area contributed by atoms with Crippen LogP contribution in [-0.4, -0.2) is 50.0 Å². The monoisotopic (exact) mass is 285 g/mol. The van der Waals surface area contributed by atoms with E-state index in [4.69, 9.17) is 14.6 Å². The second-order valence-electron chi connectivity index (χ2n) is 3.86. The van der Waals surface area contributed by atoms with Gasteiger partial charge in [-0.15, -0.1) is 0 Å². The molecule has 110 valence electrons. The summed E-state index contributed by atoms with van der Waals surface area (Å²) < 4.78 is 22.7. The minimum atomic E-state index is -1.57. The van der Waals surface area contributed by atoms with E-state index in [2.05, 4.69) is 5.32 Å². The molecule has 0 bridgehead atoms. The first kappa shape index (κ1) is 15.9. The second kappa shape index (κ2) is 8.11. The lowest BCUT2D eigenvalue weighted by Gasteiger charge is -2.14. The summed E-state index contributed by atoms with van der Waals surface area (Å²) in [6, 6.07) is 4.73. The van der Waals surface area contributed by atoms with Crippen molar-refractivity contribution in [1.29, 1.82) is 0 Å². The molecular weight excluding hydrogens is 269 g/mol. The van der Waals surface area contributed by atoms with E-state index in [-0.39, 0.29) is 17.9 Å². The lowest BCUT2D eigenvalue weighted by Crippen LogP contribution is -2.42. The number of ether oxygens (including phenoxy) is 2. The van der Waals surface area contributed by atoms with Crippen LogP contribution in [0.15, 0.2) is 24.3 Å². The number of hydrogen-bond donors (Lipinski definition) is 2. The molecule has 0 heterocycles. The average molecular weight is 285 g/mol. The van der Waals surface area contributed by atoms with Crippen molar-refractivity contribution in [3.05, 3.63) is 29.8 Å². The molecule has 1 aromatic carbocycles. The fraction of sp³-hybridized carbons (Fsp3) is 0.385. The molecule has 1 amide bonds. The maximum absolute atomic E-state index is 12.5. The molecule has 6 nitrogen and oxygen atoms in total. The Morgan fingerprint density at radius 2 is 2.05 bits per heavy atom. The van der Waals surface area contributed by atoms with Gasteiger partial charge in [0.15, 0.2) is 6.04 Å². The van der Waals surface area contributed by atoms with Gasteiger partial charge in [-0.3, -0.25) is 4.79 Å². The van der Waals surface area contributed by atoms with Gasteiger partial charge in [0, 0.05) is 7.11 Å². The Labute approximate surface area is 115 Å². The number of amides is 1.